The number of Topliss-reactive ketones (excluding diaryl/α,β-unsaturated/α-hetero) is 1. The van der Waals surface area contributed by atoms with Crippen LogP contribution in [0.4, 0.5) is 5.69 Å². The fourth-order valence-corrected chi connectivity index (χ4v) is 2.25. The molecule has 0 atom stereocenters. The van der Waals surface area contributed by atoms with E-state index in [2.05, 4.69) is 43.8 Å². The fourth-order valence-electron chi connectivity index (χ4n) is 1.62. The van der Waals surface area contributed by atoms with Crippen molar-refractivity contribution in [3.8, 4) is 0 Å². The highest BCUT2D eigenvalue weighted by Crippen LogP contribution is 2.14. The molecule has 5 heteroatoms. The van der Waals surface area contributed by atoms with E-state index in [1.165, 1.54) is 0 Å². The zero-order valence-electron chi connectivity index (χ0n) is 10.4. The number of halogens is 2. The van der Waals surface area contributed by atoms with Crippen molar-refractivity contribution in [2.75, 3.05) is 5.32 Å². The van der Waals surface area contributed by atoms with Crippen molar-refractivity contribution in [3.63, 3.8) is 0 Å². The Balaban J connectivity index is 1.95. The minimum Gasteiger partial charge on any atom is -0.326 e. The van der Waals surface area contributed by atoms with E-state index >= 15 is 0 Å². The van der Waals surface area contributed by atoms with Gasteiger partial charge in [-0.15, -0.1) is 0 Å². The highest BCUT2D eigenvalue weighted by molar-refractivity contribution is 14.1. The van der Waals surface area contributed by atoms with Gasteiger partial charge in [-0.2, -0.15) is 0 Å². The van der Waals surface area contributed by atoms with E-state index in [0.717, 1.165) is 8.04 Å². The molecular formula is C15H11BrINO2. The Morgan fingerprint density at radius 1 is 1.00 bits per heavy atom. The molecule has 0 unspecified atom stereocenters. The second-order valence-electron chi connectivity index (χ2n) is 4.16. The Morgan fingerprint density at radius 2 is 1.60 bits per heavy atom. The number of hydrogen-bond acceptors (Lipinski definition) is 2. The predicted octanol–water partition coefficient (Wildman–Crippen LogP) is 4.27. The quantitative estimate of drug-likeness (QED) is 0.436. The molecule has 0 radical (unpaired) electrons. The summed E-state index contributed by atoms with van der Waals surface area (Å²) < 4.78 is 1.99. The molecule has 0 spiro atoms. The predicted molar refractivity (Wildman–Crippen MR) is 90.9 cm³/mol. The molecule has 20 heavy (non-hydrogen) atoms. The first-order valence-corrected chi connectivity index (χ1v) is 7.76. The summed E-state index contributed by atoms with van der Waals surface area (Å²) in [6.07, 6.45) is -0.159. The summed E-state index contributed by atoms with van der Waals surface area (Å²) in [7, 11) is 0. The van der Waals surface area contributed by atoms with E-state index in [1.54, 1.807) is 24.3 Å². The SMILES string of the molecule is O=C(CC(=O)c1ccc(Br)cc1)Nc1ccc(I)cc1. The van der Waals surface area contributed by atoms with Gasteiger partial charge in [-0.05, 0) is 59.0 Å². The maximum absolute atomic E-state index is 11.9. The first kappa shape index (κ1) is 15.2. The van der Waals surface area contributed by atoms with Gasteiger partial charge in [-0.1, -0.05) is 28.1 Å². The van der Waals surface area contributed by atoms with Crippen molar-refractivity contribution in [2.24, 2.45) is 0 Å². The lowest BCUT2D eigenvalue weighted by Crippen LogP contribution is -2.16. The van der Waals surface area contributed by atoms with E-state index in [1.807, 2.05) is 24.3 Å². The molecule has 3 nitrogen and oxygen atoms in total. The van der Waals surface area contributed by atoms with Crippen molar-refractivity contribution in [1.82, 2.24) is 0 Å². The summed E-state index contributed by atoms with van der Waals surface area (Å²) in [6.45, 7) is 0. The third kappa shape index (κ3) is 4.42. The van der Waals surface area contributed by atoms with Crippen LogP contribution in [0.25, 0.3) is 0 Å². The number of carbonyl (C=O) groups is 2. The van der Waals surface area contributed by atoms with E-state index in [0.29, 0.717) is 11.3 Å². The summed E-state index contributed by atoms with van der Waals surface area (Å²) >= 11 is 5.49. The molecule has 1 N–H and O–H groups in total. The van der Waals surface area contributed by atoms with Crippen molar-refractivity contribution in [2.45, 2.75) is 6.42 Å². The highest BCUT2D eigenvalue weighted by atomic mass is 127. The van der Waals surface area contributed by atoms with Crippen LogP contribution in [0, 0.1) is 3.57 Å². The molecule has 2 aromatic rings. The lowest BCUT2D eigenvalue weighted by atomic mass is 10.1. The molecule has 0 fully saturated rings. The number of amides is 1. The van der Waals surface area contributed by atoms with Crippen molar-refractivity contribution < 1.29 is 9.59 Å². The van der Waals surface area contributed by atoms with E-state index in [-0.39, 0.29) is 18.1 Å². The average Bonchev–Trinajstić information content (AvgIpc) is 2.42. The third-order valence-corrected chi connectivity index (χ3v) is 3.86. The number of nitrogens with one attached hydrogen (secondary N) is 1. The first-order chi connectivity index (χ1) is 9.54. The van der Waals surface area contributed by atoms with Crippen LogP contribution in [0.15, 0.2) is 53.0 Å². The standard InChI is InChI=1S/C15H11BrINO2/c16-11-3-1-10(2-4-11)14(19)9-15(20)18-13-7-5-12(17)6-8-13/h1-8H,9H2,(H,18,20). The Labute approximate surface area is 139 Å². The Hall–Kier alpha value is -1.21. The topological polar surface area (TPSA) is 46.2 Å². The number of benzene rings is 2. The number of hydrogen-bond donors (Lipinski definition) is 1. The van der Waals surface area contributed by atoms with Crippen LogP contribution in [-0.4, -0.2) is 11.7 Å². The monoisotopic (exact) mass is 443 g/mol. The molecule has 0 aliphatic rings. The lowest BCUT2D eigenvalue weighted by molar-refractivity contribution is -0.115. The maximum atomic E-state index is 11.9. The van der Waals surface area contributed by atoms with Crippen LogP contribution in [-0.2, 0) is 4.79 Å². The minimum atomic E-state index is -0.306. The normalized spacial score (nSPS) is 10.1. The molecular weight excluding hydrogens is 433 g/mol. The van der Waals surface area contributed by atoms with Crippen LogP contribution in [0.2, 0.25) is 0 Å². The largest absolute Gasteiger partial charge is 0.326 e. The first-order valence-electron chi connectivity index (χ1n) is 5.89. The number of ketones is 1. The molecule has 0 aliphatic heterocycles. The van der Waals surface area contributed by atoms with Gasteiger partial charge in [0.05, 0.1) is 6.42 Å². The van der Waals surface area contributed by atoms with Gasteiger partial charge in [-0.25, -0.2) is 0 Å². The second-order valence-corrected chi connectivity index (χ2v) is 6.32. The van der Waals surface area contributed by atoms with Gasteiger partial charge in [0.25, 0.3) is 0 Å². The number of anilines is 1. The number of carbonyl (C=O) groups excluding carboxylic acids is 2. The molecule has 0 aromatic heterocycles. The molecule has 0 bridgehead atoms. The fraction of sp³-hybridized carbons (Fsp3) is 0.0667. The van der Waals surface area contributed by atoms with Crippen LogP contribution in [0.3, 0.4) is 0 Å². The van der Waals surface area contributed by atoms with Crippen LogP contribution < -0.4 is 5.32 Å². The lowest BCUT2D eigenvalue weighted by Gasteiger charge is -2.05. The molecule has 2 rings (SSSR count). The summed E-state index contributed by atoms with van der Waals surface area (Å²) in [5, 5.41) is 2.71. The number of rotatable bonds is 4. The van der Waals surface area contributed by atoms with E-state index in [4.69, 9.17) is 0 Å². The van der Waals surface area contributed by atoms with Crippen molar-refractivity contribution in [1.29, 1.82) is 0 Å². The van der Waals surface area contributed by atoms with Gasteiger partial charge in [0.1, 0.15) is 0 Å². The third-order valence-electron chi connectivity index (χ3n) is 2.62. The van der Waals surface area contributed by atoms with Crippen molar-refractivity contribution >= 4 is 55.9 Å². The smallest absolute Gasteiger partial charge is 0.232 e. The van der Waals surface area contributed by atoms with Gasteiger partial charge in [0, 0.05) is 19.3 Å². The summed E-state index contributed by atoms with van der Waals surface area (Å²) in [5.74, 6) is -0.500. The van der Waals surface area contributed by atoms with Crippen LogP contribution >= 0.6 is 38.5 Å². The summed E-state index contributed by atoms with van der Waals surface area (Å²) in [6, 6.07) is 14.4. The Morgan fingerprint density at radius 3 is 2.20 bits per heavy atom. The zero-order chi connectivity index (χ0) is 14.5. The van der Waals surface area contributed by atoms with Crippen LogP contribution in [0.5, 0.6) is 0 Å². The molecule has 2 aromatic carbocycles. The minimum absolute atomic E-state index is 0.159. The summed E-state index contributed by atoms with van der Waals surface area (Å²) in [5.41, 5.74) is 1.23. The molecule has 0 heterocycles. The van der Waals surface area contributed by atoms with Gasteiger partial charge < -0.3 is 5.32 Å². The van der Waals surface area contributed by atoms with Crippen LogP contribution in [0.1, 0.15) is 16.8 Å². The maximum Gasteiger partial charge on any atom is 0.232 e. The molecule has 1 amide bonds. The van der Waals surface area contributed by atoms with Crippen molar-refractivity contribution in [3.05, 3.63) is 62.1 Å². The zero-order valence-corrected chi connectivity index (χ0v) is 14.1. The Bertz CT molecular complexity index is 623. The van der Waals surface area contributed by atoms with Gasteiger partial charge in [-0.3, -0.25) is 9.59 Å². The molecule has 0 saturated carbocycles. The van der Waals surface area contributed by atoms with E-state index < -0.39 is 0 Å². The average molecular weight is 444 g/mol. The summed E-state index contributed by atoms with van der Waals surface area (Å²) in [4.78, 5) is 23.7. The molecule has 102 valence electrons. The molecule has 0 aliphatic carbocycles. The molecule has 0 saturated heterocycles. The highest BCUT2D eigenvalue weighted by Gasteiger charge is 2.11. The van der Waals surface area contributed by atoms with Gasteiger partial charge in [0.15, 0.2) is 5.78 Å². The second kappa shape index (κ2) is 6.99. The van der Waals surface area contributed by atoms with E-state index in [9.17, 15) is 9.59 Å². The van der Waals surface area contributed by atoms with Gasteiger partial charge >= 0.3 is 0 Å². The van der Waals surface area contributed by atoms with Gasteiger partial charge in [0.2, 0.25) is 5.91 Å². The Kier molecular flexibility index (Phi) is 5.31.